The van der Waals surface area contributed by atoms with Crippen molar-refractivity contribution in [2.45, 2.75) is 44.2 Å². The van der Waals surface area contributed by atoms with Gasteiger partial charge in [-0.15, -0.1) is 0 Å². The topological polar surface area (TPSA) is 111 Å². The third-order valence-electron chi connectivity index (χ3n) is 4.27. The highest BCUT2D eigenvalue weighted by Gasteiger charge is 2.18. The zero-order chi connectivity index (χ0) is 16.2. The summed E-state index contributed by atoms with van der Waals surface area (Å²) < 4.78 is 6.68. The lowest BCUT2D eigenvalue weighted by Crippen LogP contribution is -2.29. The molecule has 8 nitrogen and oxygen atoms in total. The van der Waals surface area contributed by atoms with Gasteiger partial charge in [-0.1, -0.05) is 12.8 Å². The van der Waals surface area contributed by atoms with Gasteiger partial charge in [-0.25, -0.2) is 4.98 Å². The Morgan fingerprint density at radius 1 is 1.35 bits per heavy atom. The van der Waals surface area contributed by atoms with E-state index in [1.54, 1.807) is 6.33 Å². The summed E-state index contributed by atoms with van der Waals surface area (Å²) in [5.41, 5.74) is 7.30. The van der Waals surface area contributed by atoms with Crippen molar-refractivity contribution in [2.75, 3.05) is 24.3 Å². The van der Waals surface area contributed by atoms with Crippen LogP contribution in [0.4, 0.5) is 11.8 Å². The number of rotatable bonds is 3. The first-order valence-electron chi connectivity index (χ1n) is 8.11. The summed E-state index contributed by atoms with van der Waals surface area (Å²) in [5.74, 6) is 1.06. The number of nitrogens with two attached hydrogens (primary N) is 1. The molecule has 0 amide bonds. The predicted molar refractivity (Wildman–Crippen MR) is 88.0 cm³/mol. The Hall–Kier alpha value is -1.93. The Kier molecular flexibility index (Phi) is 4.92. The minimum atomic E-state index is 0.171. The maximum absolute atomic E-state index is 8.26. The van der Waals surface area contributed by atoms with Crippen LogP contribution in [0, 0.1) is 0 Å². The van der Waals surface area contributed by atoms with E-state index in [-0.39, 0.29) is 12.7 Å². The SMILES string of the molecule is Cn1cnc2c(NC3CCCC3)nc(N)nc21.OCC1CCO1. The summed E-state index contributed by atoms with van der Waals surface area (Å²) in [6.45, 7) is 1.03. The van der Waals surface area contributed by atoms with Crippen molar-refractivity contribution < 1.29 is 9.84 Å². The van der Waals surface area contributed by atoms with Gasteiger partial charge in [0.25, 0.3) is 0 Å². The lowest BCUT2D eigenvalue weighted by molar-refractivity contribution is -0.0773. The molecular weight excluding hydrogens is 296 g/mol. The van der Waals surface area contributed by atoms with Crippen LogP contribution >= 0.6 is 0 Å². The van der Waals surface area contributed by atoms with Crippen molar-refractivity contribution in [3.05, 3.63) is 6.33 Å². The van der Waals surface area contributed by atoms with Crippen LogP contribution in [-0.4, -0.2) is 50.0 Å². The summed E-state index contributed by atoms with van der Waals surface area (Å²) in [6, 6.07) is 0.495. The van der Waals surface area contributed by atoms with E-state index in [4.69, 9.17) is 15.6 Å². The van der Waals surface area contributed by atoms with Crippen molar-refractivity contribution in [1.29, 1.82) is 0 Å². The molecular formula is C15H24N6O2. The number of hydrogen-bond acceptors (Lipinski definition) is 7. The molecule has 1 atom stereocenters. The van der Waals surface area contributed by atoms with Gasteiger partial charge in [-0.3, -0.25) is 0 Å². The van der Waals surface area contributed by atoms with Gasteiger partial charge in [-0.05, 0) is 19.3 Å². The zero-order valence-corrected chi connectivity index (χ0v) is 13.4. The molecule has 2 aliphatic rings. The minimum absolute atomic E-state index is 0.171. The smallest absolute Gasteiger partial charge is 0.224 e. The number of aliphatic hydroxyl groups is 1. The highest BCUT2D eigenvalue weighted by atomic mass is 16.5. The molecule has 4 N–H and O–H groups in total. The quantitative estimate of drug-likeness (QED) is 0.775. The first-order valence-corrected chi connectivity index (χ1v) is 8.11. The maximum Gasteiger partial charge on any atom is 0.224 e. The molecule has 1 aliphatic heterocycles. The molecule has 23 heavy (non-hydrogen) atoms. The number of imidazole rings is 1. The molecule has 2 fully saturated rings. The van der Waals surface area contributed by atoms with Gasteiger partial charge in [0.05, 0.1) is 19.0 Å². The molecule has 0 bridgehead atoms. The number of aliphatic hydroxyl groups excluding tert-OH is 1. The van der Waals surface area contributed by atoms with E-state index >= 15 is 0 Å². The van der Waals surface area contributed by atoms with Crippen LogP contribution in [0.1, 0.15) is 32.1 Å². The Bertz CT molecular complexity index is 646. The number of nitrogens with one attached hydrogen (secondary N) is 1. The molecule has 2 aromatic heterocycles. The second-order valence-electron chi connectivity index (χ2n) is 6.05. The zero-order valence-electron chi connectivity index (χ0n) is 13.4. The lowest BCUT2D eigenvalue weighted by Gasteiger charge is -2.23. The number of aromatic nitrogens is 4. The van der Waals surface area contributed by atoms with E-state index in [0.717, 1.165) is 30.0 Å². The first kappa shape index (κ1) is 15.9. The van der Waals surface area contributed by atoms with Crippen molar-refractivity contribution in [3.63, 3.8) is 0 Å². The molecule has 1 saturated carbocycles. The van der Waals surface area contributed by atoms with Gasteiger partial charge < -0.3 is 25.5 Å². The average molecular weight is 320 g/mol. The van der Waals surface area contributed by atoms with E-state index in [9.17, 15) is 0 Å². The van der Waals surface area contributed by atoms with E-state index in [1.807, 2.05) is 11.6 Å². The molecule has 8 heteroatoms. The second kappa shape index (κ2) is 7.10. The number of nitrogen functional groups attached to an aromatic ring is 1. The van der Waals surface area contributed by atoms with Crippen LogP contribution in [0.2, 0.25) is 0 Å². The number of fused-ring (bicyclic) bond motifs is 1. The molecule has 1 aliphatic carbocycles. The Morgan fingerprint density at radius 2 is 2.09 bits per heavy atom. The number of nitrogens with zero attached hydrogens (tertiary/aromatic N) is 4. The Balaban J connectivity index is 0.000000220. The number of anilines is 2. The molecule has 3 heterocycles. The molecule has 0 spiro atoms. The molecule has 4 rings (SSSR count). The monoisotopic (exact) mass is 320 g/mol. The average Bonchev–Trinajstić information content (AvgIpc) is 3.09. The van der Waals surface area contributed by atoms with Gasteiger partial charge in [0, 0.05) is 19.7 Å². The van der Waals surface area contributed by atoms with Gasteiger partial charge in [0.15, 0.2) is 17.0 Å². The summed E-state index contributed by atoms with van der Waals surface area (Å²) in [7, 11) is 1.90. The fourth-order valence-electron chi connectivity index (χ4n) is 2.82. The highest BCUT2D eigenvalue weighted by Crippen LogP contribution is 2.25. The van der Waals surface area contributed by atoms with E-state index in [2.05, 4.69) is 20.3 Å². The number of ether oxygens (including phenoxy) is 1. The molecule has 1 saturated heterocycles. The molecule has 1 unspecified atom stereocenters. The molecule has 2 aromatic rings. The summed E-state index contributed by atoms with van der Waals surface area (Å²) >= 11 is 0. The Morgan fingerprint density at radius 3 is 2.65 bits per heavy atom. The van der Waals surface area contributed by atoms with Gasteiger partial charge in [-0.2, -0.15) is 9.97 Å². The summed E-state index contributed by atoms with van der Waals surface area (Å²) in [4.78, 5) is 12.8. The van der Waals surface area contributed by atoms with Gasteiger partial charge >= 0.3 is 0 Å². The summed E-state index contributed by atoms with van der Waals surface area (Å²) in [5, 5.41) is 11.7. The van der Waals surface area contributed by atoms with E-state index < -0.39 is 0 Å². The largest absolute Gasteiger partial charge is 0.394 e. The van der Waals surface area contributed by atoms with Crippen molar-refractivity contribution in [2.24, 2.45) is 7.05 Å². The van der Waals surface area contributed by atoms with Crippen LogP contribution in [0.3, 0.4) is 0 Å². The minimum Gasteiger partial charge on any atom is -0.394 e. The number of aryl methyl sites for hydroxylation is 1. The Labute approximate surface area is 135 Å². The molecule has 0 aromatic carbocycles. The van der Waals surface area contributed by atoms with Crippen LogP contribution in [0.5, 0.6) is 0 Å². The van der Waals surface area contributed by atoms with Crippen LogP contribution in [0.25, 0.3) is 11.2 Å². The van der Waals surface area contributed by atoms with E-state index in [1.165, 1.54) is 25.7 Å². The van der Waals surface area contributed by atoms with Crippen LogP contribution in [0.15, 0.2) is 6.33 Å². The van der Waals surface area contributed by atoms with Crippen molar-refractivity contribution in [3.8, 4) is 0 Å². The van der Waals surface area contributed by atoms with Gasteiger partial charge in [0.2, 0.25) is 5.95 Å². The molecule has 126 valence electrons. The third-order valence-corrected chi connectivity index (χ3v) is 4.27. The second-order valence-corrected chi connectivity index (χ2v) is 6.05. The van der Waals surface area contributed by atoms with Crippen LogP contribution in [-0.2, 0) is 11.8 Å². The lowest BCUT2D eigenvalue weighted by atomic mass is 10.2. The fraction of sp³-hybridized carbons (Fsp3) is 0.667. The summed E-state index contributed by atoms with van der Waals surface area (Å²) in [6.07, 6.45) is 7.89. The standard InChI is InChI=1S/C11H16N6.C4H8O2/c1-17-6-13-8-9(14-7-4-2-3-5-7)15-11(12)16-10(8)17;5-3-4-1-2-6-4/h6-7H,2-5H2,1H3,(H3,12,14,15,16);4-5H,1-3H2. The van der Waals surface area contributed by atoms with Gasteiger partial charge in [0.1, 0.15) is 0 Å². The first-order chi connectivity index (χ1) is 11.2. The fourth-order valence-corrected chi connectivity index (χ4v) is 2.82. The van der Waals surface area contributed by atoms with Crippen molar-refractivity contribution >= 4 is 22.9 Å². The number of hydrogen-bond donors (Lipinski definition) is 3. The van der Waals surface area contributed by atoms with Crippen molar-refractivity contribution in [1.82, 2.24) is 19.5 Å². The third kappa shape index (κ3) is 3.70. The normalized spacial score (nSPS) is 20.9. The predicted octanol–water partition coefficient (Wildman–Crippen LogP) is 1.07. The highest BCUT2D eigenvalue weighted by molar-refractivity contribution is 5.84. The van der Waals surface area contributed by atoms with Crippen LogP contribution < -0.4 is 11.1 Å². The van der Waals surface area contributed by atoms with E-state index in [0.29, 0.717) is 12.0 Å². The maximum atomic E-state index is 8.26. The molecule has 0 radical (unpaired) electrons.